The Morgan fingerprint density at radius 1 is 1.19 bits per heavy atom. The van der Waals surface area contributed by atoms with Crippen LogP contribution in [-0.2, 0) is 13.1 Å². The minimum atomic E-state index is 0.794. The molecule has 21 heavy (non-hydrogen) atoms. The van der Waals surface area contributed by atoms with E-state index in [1.54, 1.807) is 0 Å². The van der Waals surface area contributed by atoms with E-state index in [2.05, 4.69) is 64.4 Å². The zero-order valence-electron chi connectivity index (χ0n) is 12.4. The molecule has 0 heterocycles. The fraction of sp³-hybridized carbons (Fsp3) is 0.294. The number of hydrogen-bond donors (Lipinski definition) is 1. The smallest absolute Gasteiger partial charge is 0.0642 e. The van der Waals surface area contributed by atoms with Gasteiger partial charge in [-0.1, -0.05) is 58.7 Å². The number of benzene rings is 2. The van der Waals surface area contributed by atoms with Gasteiger partial charge in [0.2, 0.25) is 0 Å². The van der Waals surface area contributed by atoms with Crippen molar-refractivity contribution < 1.29 is 0 Å². The van der Waals surface area contributed by atoms with Crippen molar-refractivity contribution in [3.8, 4) is 0 Å². The minimum Gasteiger partial charge on any atom is -0.369 e. The second-order valence-electron chi connectivity index (χ2n) is 5.01. The topological polar surface area (TPSA) is 15.3 Å². The van der Waals surface area contributed by atoms with Crippen LogP contribution in [0.2, 0.25) is 5.02 Å². The Balaban J connectivity index is 2.23. The summed E-state index contributed by atoms with van der Waals surface area (Å²) in [5, 5.41) is 4.16. The third kappa shape index (κ3) is 4.47. The van der Waals surface area contributed by atoms with Gasteiger partial charge in [0.1, 0.15) is 0 Å². The second-order valence-corrected chi connectivity index (χ2v) is 6.34. The predicted octanol–water partition coefficient (Wildman–Crippen LogP) is 4.85. The predicted molar refractivity (Wildman–Crippen MR) is 95.1 cm³/mol. The Labute approximate surface area is 140 Å². The zero-order valence-corrected chi connectivity index (χ0v) is 14.7. The van der Waals surface area contributed by atoms with Crippen LogP contribution in [0.1, 0.15) is 18.1 Å². The molecule has 0 aromatic heterocycles. The van der Waals surface area contributed by atoms with Crippen molar-refractivity contribution in [3.05, 3.63) is 63.1 Å². The van der Waals surface area contributed by atoms with E-state index in [-0.39, 0.29) is 0 Å². The Morgan fingerprint density at radius 3 is 2.67 bits per heavy atom. The zero-order chi connectivity index (χ0) is 15.2. The number of nitrogens with one attached hydrogen (secondary N) is 1. The molecule has 0 unspecified atom stereocenters. The second kappa shape index (κ2) is 7.83. The molecule has 4 heteroatoms. The number of para-hydroxylation sites is 1. The lowest BCUT2D eigenvalue weighted by atomic mass is 10.1. The first-order valence-electron chi connectivity index (χ1n) is 7.05. The van der Waals surface area contributed by atoms with Gasteiger partial charge < -0.3 is 10.2 Å². The quantitative estimate of drug-likeness (QED) is 0.785. The summed E-state index contributed by atoms with van der Waals surface area (Å²) >= 11 is 9.94. The summed E-state index contributed by atoms with van der Waals surface area (Å²) in [6.45, 7) is 4.70. The van der Waals surface area contributed by atoms with Crippen molar-refractivity contribution in [2.45, 2.75) is 20.0 Å². The Hall–Kier alpha value is -1.03. The number of halogens is 2. The molecule has 0 aliphatic rings. The first-order chi connectivity index (χ1) is 10.1. The maximum atomic E-state index is 6.42. The molecule has 0 saturated carbocycles. The highest BCUT2D eigenvalue weighted by molar-refractivity contribution is 9.10. The molecule has 2 aromatic rings. The average Bonchev–Trinajstić information content (AvgIpc) is 2.45. The number of nitrogens with zero attached hydrogens (tertiary/aromatic N) is 1. The van der Waals surface area contributed by atoms with Gasteiger partial charge in [-0.2, -0.15) is 0 Å². The van der Waals surface area contributed by atoms with E-state index in [1.165, 1.54) is 11.1 Å². The molecule has 0 spiro atoms. The lowest BCUT2D eigenvalue weighted by Crippen LogP contribution is -2.21. The van der Waals surface area contributed by atoms with Crippen molar-refractivity contribution in [2.24, 2.45) is 0 Å². The lowest BCUT2D eigenvalue weighted by molar-refractivity contribution is 0.723. The molecule has 0 radical (unpaired) electrons. The Morgan fingerprint density at radius 2 is 1.95 bits per heavy atom. The molecule has 2 rings (SSSR count). The summed E-state index contributed by atoms with van der Waals surface area (Å²) in [4.78, 5) is 2.21. The lowest BCUT2D eigenvalue weighted by Gasteiger charge is -2.24. The molecule has 2 aromatic carbocycles. The van der Waals surface area contributed by atoms with Gasteiger partial charge in [-0.05, 0) is 35.9 Å². The van der Waals surface area contributed by atoms with Gasteiger partial charge >= 0.3 is 0 Å². The number of anilines is 1. The molecule has 0 amide bonds. The maximum Gasteiger partial charge on any atom is 0.0642 e. The first-order valence-corrected chi connectivity index (χ1v) is 8.22. The molecule has 0 aliphatic carbocycles. The third-order valence-corrected chi connectivity index (χ3v) is 4.12. The normalized spacial score (nSPS) is 10.7. The van der Waals surface area contributed by atoms with Crippen LogP contribution in [-0.4, -0.2) is 13.6 Å². The summed E-state index contributed by atoms with van der Waals surface area (Å²) in [5.41, 5.74) is 3.57. The van der Waals surface area contributed by atoms with E-state index in [0.717, 1.165) is 34.8 Å². The van der Waals surface area contributed by atoms with Gasteiger partial charge in [-0.15, -0.1) is 0 Å². The number of rotatable bonds is 6. The Bertz CT molecular complexity index is 601. The van der Waals surface area contributed by atoms with Gasteiger partial charge in [0.25, 0.3) is 0 Å². The fourth-order valence-corrected chi connectivity index (χ4v) is 3.16. The molecule has 2 nitrogen and oxygen atoms in total. The van der Waals surface area contributed by atoms with Crippen LogP contribution in [0.5, 0.6) is 0 Å². The van der Waals surface area contributed by atoms with Crippen LogP contribution in [0.25, 0.3) is 0 Å². The van der Waals surface area contributed by atoms with Gasteiger partial charge in [0.15, 0.2) is 0 Å². The van der Waals surface area contributed by atoms with Gasteiger partial charge in [0, 0.05) is 24.6 Å². The first kappa shape index (κ1) is 16.3. The molecule has 1 N–H and O–H groups in total. The summed E-state index contributed by atoms with van der Waals surface area (Å²) in [7, 11) is 2.08. The van der Waals surface area contributed by atoms with Crippen LogP contribution in [0, 0.1) is 0 Å². The molecular formula is C17H20BrClN2. The molecule has 0 atom stereocenters. The monoisotopic (exact) mass is 366 g/mol. The average molecular weight is 368 g/mol. The summed E-state index contributed by atoms with van der Waals surface area (Å²) in [5.74, 6) is 0. The van der Waals surface area contributed by atoms with Crippen LogP contribution in [0.15, 0.2) is 46.9 Å². The van der Waals surface area contributed by atoms with E-state index in [9.17, 15) is 0 Å². The van der Waals surface area contributed by atoms with Crippen molar-refractivity contribution in [3.63, 3.8) is 0 Å². The van der Waals surface area contributed by atoms with E-state index < -0.39 is 0 Å². The van der Waals surface area contributed by atoms with Crippen LogP contribution < -0.4 is 10.2 Å². The third-order valence-electron chi connectivity index (χ3n) is 3.33. The minimum absolute atomic E-state index is 0.794. The summed E-state index contributed by atoms with van der Waals surface area (Å²) in [6.07, 6.45) is 0. The Kier molecular flexibility index (Phi) is 6.09. The van der Waals surface area contributed by atoms with Gasteiger partial charge in [0.05, 0.1) is 10.7 Å². The highest BCUT2D eigenvalue weighted by atomic mass is 79.9. The van der Waals surface area contributed by atoms with E-state index in [1.807, 2.05) is 18.2 Å². The molecule has 0 aliphatic heterocycles. The van der Waals surface area contributed by atoms with E-state index in [0.29, 0.717) is 0 Å². The molecule has 0 bridgehead atoms. The van der Waals surface area contributed by atoms with E-state index >= 15 is 0 Å². The van der Waals surface area contributed by atoms with Crippen LogP contribution in [0.3, 0.4) is 0 Å². The van der Waals surface area contributed by atoms with E-state index in [4.69, 9.17) is 11.6 Å². The highest BCUT2D eigenvalue weighted by Crippen LogP contribution is 2.30. The fourth-order valence-electron chi connectivity index (χ4n) is 2.38. The highest BCUT2D eigenvalue weighted by Gasteiger charge is 2.12. The molecule has 112 valence electrons. The van der Waals surface area contributed by atoms with Crippen molar-refractivity contribution in [1.29, 1.82) is 0 Å². The van der Waals surface area contributed by atoms with Crippen molar-refractivity contribution >= 4 is 33.2 Å². The maximum absolute atomic E-state index is 6.42. The molecule has 0 saturated heterocycles. The summed E-state index contributed by atoms with van der Waals surface area (Å²) in [6, 6.07) is 14.4. The van der Waals surface area contributed by atoms with Crippen LogP contribution >= 0.6 is 27.5 Å². The largest absolute Gasteiger partial charge is 0.369 e. The molecular weight excluding hydrogens is 348 g/mol. The van der Waals surface area contributed by atoms with Gasteiger partial charge in [-0.25, -0.2) is 0 Å². The van der Waals surface area contributed by atoms with Gasteiger partial charge in [-0.3, -0.25) is 0 Å². The molecule has 0 fully saturated rings. The standard InChI is InChI=1S/C17H20BrClN2/c1-3-20-11-14-7-5-9-16(19)17(14)21(2)12-13-6-4-8-15(18)10-13/h4-10,20H,3,11-12H2,1-2H3. The van der Waals surface area contributed by atoms with Crippen molar-refractivity contribution in [2.75, 3.05) is 18.5 Å². The number of hydrogen-bond acceptors (Lipinski definition) is 2. The van der Waals surface area contributed by atoms with Crippen LogP contribution in [0.4, 0.5) is 5.69 Å². The SMILES string of the molecule is CCNCc1cccc(Cl)c1N(C)Cc1cccc(Br)c1. The summed E-state index contributed by atoms with van der Waals surface area (Å²) < 4.78 is 1.10. The van der Waals surface area contributed by atoms with Crippen molar-refractivity contribution in [1.82, 2.24) is 5.32 Å².